The van der Waals surface area contributed by atoms with E-state index in [0.717, 1.165) is 44.6 Å². The van der Waals surface area contributed by atoms with Gasteiger partial charge in [-0.05, 0) is 49.6 Å². The first-order valence-electron chi connectivity index (χ1n) is 7.64. The van der Waals surface area contributed by atoms with Crippen LogP contribution in [0.15, 0.2) is 36.4 Å². The van der Waals surface area contributed by atoms with E-state index < -0.39 is 0 Å². The molecular formula is C17H22N2O2. The lowest BCUT2D eigenvalue weighted by atomic mass is 10.1. The Labute approximate surface area is 126 Å². The number of carbonyl (C=O) groups is 1. The molecule has 21 heavy (non-hydrogen) atoms. The van der Waals surface area contributed by atoms with Crippen molar-refractivity contribution >= 4 is 17.3 Å². The number of hydrogen-bond donors (Lipinski definition) is 0. The van der Waals surface area contributed by atoms with Crippen molar-refractivity contribution in [2.24, 2.45) is 0 Å². The van der Waals surface area contributed by atoms with Crippen molar-refractivity contribution in [1.29, 1.82) is 0 Å². The molecule has 0 N–H and O–H groups in total. The molecule has 1 saturated heterocycles. The van der Waals surface area contributed by atoms with Crippen LogP contribution in [-0.4, -0.2) is 38.8 Å². The van der Waals surface area contributed by atoms with E-state index in [2.05, 4.69) is 29.2 Å². The zero-order valence-corrected chi connectivity index (χ0v) is 12.5. The van der Waals surface area contributed by atoms with Gasteiger partial charge in [-0.1, -0.05) is 6.08 Å². The highest BCUT2D eigenvalue weighted by Crippen LogP contribution is 2.25. The fourth-order valence-corrected chi connectivity index (χ4v) is 3.04. The lowest BCUT2D eigenvalue weighted by Crippen LogP contribution is -2.36. The van der Waals surface area contributed by atoms with Gasteiger partial charge in [0.15, 0.2) is 0 Å². The fourth-order valence-electron chi connectivity index (χ4n) is 3.04. The van der Waals surface area contributed by atoms with Crippen molar-refractivity contribution in [3.8, 4) is 0 Å². The number of ether oxygens (including phenoxy) is 1. The van der Waals surface area contributed by atoms with Crippen LogP contribution >= 0.6 is 0 Å². The van der Waals surface area contributed by atoms with E-state index in [1.165, 1.54) is 5.69 Å². The average Bonchev–Trinajstić information content (AvgIpc) is 2.56. The van der Waals surface area contributed by atoms with Gasteiger partial charge in [0.2, 0.25) is 0 Å². The minimum absolute atomic E-state index is 0.0786. The second-order valence-electron chi connectivity index (χ2n) is 5.62. The molecule has 1 fully saturated rings. The molecule has 1 aromatic rings. The average molecular weight is 286 g/mol. The molecule has 0 atom stereocenters. The maximum atomic E-state index is 11.9. The van der Waals surface area contributed by atoms with Crippen molar-refractivity contribution in [2.45, 2.75) is 25.4 Å². The second-order valence-corrected chi connectivity index (χ2v) is 5.62. The Morgan fingerprint density at radius 3 is 2.33 bits per heavy atom. The third-order valence-corrected chi connectivity index (χ3v) is 4.35. The van der Waals surface area contributed by atoms with Crippen LogP contribution in [0.3, 0.4) is 0 Å². The molecule has 0 spiro atoms. The first-order valence-corrected chi connectivity index (χ1v) is 7.64. The molecule has 0 saturated carbocycles. The number of anilines is 2. The van der Waals surface area contributed by atoms with Crippen LogP contribution in [0.25, 0.3) is 0 Å². The molecule has 1 amide bonds. The minimum atomic E-state index is 0.0786. The topological polar surface area (TPSA) is 32.8 Å². The number of rotatable bonds is 3. The van der Waals surface area contributed by atoms with Crippen LogP contribution in [0, 0.1) is 0 Å². The van der Waals surface area contributed by atoms with E-state index in [-0.39, 0.29) is 5.91 Å². The largest absolute Gasteiger partial charge is 0.381 e. The smallest absolute Gasteiger partial charge is 0.250 e. The highest BCUT2D eigenvalue weighted by atomic mass is 16.5. The number of benzene rings is 1. The first kappa shape index (κ1) is 14.1. The summed E-state index contributed by atoms with van der Waals surface area (Å²) >= 11 is 0. The summed E-state index contributed by atoms with van der Waals surface area (Å²) in [7, 11) is 1.79. The van der Waals surface area contributed by atoms with Gasteiger partial charge in [-0.3, -0.25) is 4.79 Å². The lowest BCUT2D eigenvalue weighted by molar-refractivity contribution is -0.114. The van der Waals surface area contributed by atoms with E-state index in [9.17, 15) is 4.79 Å². The third-order valence-electron chi connectivity index (χ3n) is 4.35. The zero-order valence-electron chi connectivity index (χ0n) is 12.5. The highest BCUT2D eigenvalue weighted by Gasteiger charge is 2.20. The monoisotopic (exact) mass is 286 g/mol. The van der Waals surface area contributed by atoms with Gasteiger partial charge in [-0.2, -0.15) is 0 Å². The van der Waals surface area contributed by atoms with Crippen molar-refractivity contribution < 1.29 is 9.53 Å². The molecule has 3 rings (SSSR count). The van der Waals surface area contributed by atoms with Crippen LogP contribution in [0.2, 0.25) is 0 Å². The van der Waals surface area contributed by atoms with Gasteiger partial charge in [-0.25, -0.2) is 0 Å². The SMILES string of the molecule is COC1CCN(c2ccc(N3CCC=CC3=O)cc2)CC1. The molecule has 4 nitrogen and oxygen atoms in total. The van der Waals surface area contributed by atoms with Crippen molar-refractivity contribution in [2.75, 3.05) is 36.5 Å². The number of carbonyl (C=O) groups excluding carboxylic acids is 1. The van der Waals surface area contributed by atoms with Crippen molar-refractivity contribution in [3.05, 3.63) is 36.4 Å². The van der Waals surface area contributed by atoms with E-state index in [1.807, 2.05) is 11.0 Å². The molecule has 0 radical (unpaired) electrons. The minimum Gasteiger partial charge on any atom is -0.381 e. The zero-order chi connectivity index (χ0) is 14.7. The Kier molecular flexibility index (Phi) is 4.25. The molecule has 4 heteroatoms. The quantitative estimate of drug-likeness (QED) is 0.856. The first-order chi connectivity index (χ1) is 10.3. The standard InChI is InChI=1S/C17H22N2O2/c1-21-16-9-12-18(13-10-16)14-5-7-15(8-6-14)19-11-3-2-4-17(19)20/h2,4-8,16H,3,9-13H2,1H3. The van der Waals surface area contributed by atoms with Gasteiger partial charge in [0.05, 0.1) is 6.10 Å². The molecular weight excluding hydrogens is 264 g/mol. The van der Waals surface area contributed by atoms with Gasteiger partial charge in [0, 0.05) is 38.1 Å². The normalized spacial score (nSPS) is 20.1. The van der Waals surface area contributed by atoms with Gasteiger partial charge >= 0.3 is 0 Å². The third kappa shape index (κ3) is 3.10. The van der Waals surface area contributed by atoms with Gasteiger partial charge in [-0.15, -0.1) is 0 Å². The summed E-state index contributed by atoms with van der Waals surface area (Å²) in [6.45, 7) is 2.83. The lowest BCUT2D eigenvalue weighted by Gasteiger charge is -2.33. The number of methoxy groups -OCH3 is 1. The molecule has 2 heterocycles. The summed E-state index contributed by atoms with van der Waals surface area (Å²) in [4.78, 5) is 16.1. The predicted octanol–water partition coefficient (Wildman–Crippen LogP) is 2.59. The number of piperidine rings is 1. The van der Waals surface area contributed by atoms with Crippen LogP contribution in [0.4, 0.5) is 11.4 Å². The molecule has 0 aliphatic carbocycles. The fraction of sp³-hybridized carbons (Fsp3) is 0.471. The molecule has 2 aliphatic rings. The van der Waals surface area contributed by atoms with Crippen LogP contribution < -0.4 is 9.80 Å². The van der Waals surface area contributed by atoms with Gasteiger partial charge in [0.1, 0.15) is 0 Å². The predicted molar refractivity (Wildman–Crippen MR) is 84.8 cm³/mol. The van der Waals surface area contributed by atoms with Gasteiger partial charge < -0.3 is 14.5 Å². The van der Waals surface area contributed by atoms with Crippen LogP contribution in [-0.2, 0) is 9.53 Å². The Morgan fingerprint density at radius 2 is 1.71 bits per heavy atom. The molecule has 1 aromatic carbocycles. The van der Waals surface area contributed by atoms with Crippen LogP contribution in [0.5, 0.6) is 0 Å². The Balaban J connectivity index is 1.67. The van der Waals surface area contributed by atoms with E-state index in [1.54, 1.807) is 13.2 Å². The van der Waals surface area contributed by atoms with Crippen LogP contribution in [0.1, 0.15) is 19.3 Å². The Bertz CT molecular complexity index is 516. The summed E-state index contributed by atoms with van der Waals surface area (Å²) in [5.74, 6) is 0.0786. The van der Waals surface area contributed by atoms with E-state index in [4.69, 9.17) is 4.74 Å². The van der Waals surface area contributed by atoms with Gasteiger partial charge in [0.25, 0.3) is 5.91 Å². The summed E-state index contributed by atoms with van der Waals surface area (Å²) in [6.07, 6.45) is 7.08. The molecule has 2 aliphatic heterocycles. The van der Waals surface area contributed by atoms with E-state index in [0.29, 0.717) is 6.10 Å². The number of hydrogen-bond acceptors (Lipinski definition) is 3. The Morgan fingerprint density at radius 1 is 1.05 bits per heavy atom. The summed E-state index contributed by atoms with van der Waals surface area (Å²) < 4.78 is 5.41. The maximum Gasteiger partial charge on any atom is 0.250 e. The summed E-state index contributed by atoms with van der Waals surface area (Å²) in [5.41, 5.74) is 2.22. The van der Waals surface area contributed by atoms with Crippen molar-refractivity contribution in [3.63, 3.8) is 0 Å². The molecule has 0 aromatic heterocycles. The number of nitrogens with zero attached hydrogens (tertiary/aromatic N) is 2. The highest BCUT2D eigenvalue weighted by molar-refractivity contribution is 6.02. The Hall–Kier alpha value is -1.81. The van der Waals surface area contributed by atoms with E-state index >= 15 is 0 Å². The molecule has 0 unspecified atom stereocenters. The summed E-state index contributed by atoms with van der Waals surface area (Å²) in [6, 6.07) is 8.34. The number of amides is 1. The summed E-state index contributed by atoms with van der Waals surface area (Å²) in [5, 5.41) is 0. The maximum absolute atomic E-state index is 11.9. The molecule has 0 bridgehead atoms. The second kappa shape index (κ2) is 6.31. The molecule has 112 valence electrons. The van der Waals surface area contributed by atoms with Crippen molar-refractivity contribution in [1.82, 2.24) is 0 Å².